The fraction of sp³-hybridized carbons (Fsp3) is 0.100. The minimum Gasteiger partial charge on any atom is -0.480 e. The van der Waals surface area contributed by atoms with Crippen LogP contribution in [0.3, 0.4) is 0 Å². The molecule has 7 nitrogen and oxygen atoms in total. The van der Waals surface area contributed by atoms with Gasteiger partial charge in [-0.05, 0) is 36.8 Å². The van der Waals surface area contributed by atoms with E-state index in [4.69, 9.17) is 5.11 Å². The SMILES string of the molecule is CC(NC(=O)C(=Cc1ccccc1)NC(=O)c1ccc2ncsc2c1)C(=O)O. The van der Waals surface area contributed by atoms with Crippen molar-refractivity contribution >= 4 is 45.4 Å². The summed E-state index contributed by atoms with van der Waals surface area (Å²) in [7, 11) is 0. The zero-order valence-corrected chi connectivity index (χ0v) is 15.7. The van der Waals surface area contributed by atoms with Gasteiger partial charge in [-0.2, -0.15) is 0 Å². The van der Waals surface area contributed by atoms with Crippen LogP contribution in [0.5, 0.6) is 0 Å². The van der Waals surface area contributed by atoms with Crippen molar-refractivity contribution in [2.24, 2.45) is 0 Å². The van der Waals surface area contributed by atoms with Gasteiger partial charge in [0.2, 0.25) is 0 Å². The van der Waals surface area contributed by atoms with E-state index in [2.05, 4.69) is 15.6 Å². The predicted molar refractivity (Wildman–Crippen MR) is 107 cm³/mol. The van der Waals surface area contributed by atoms with E-state index in [0.29, 0.717) is 11.1 Å². The number of benzene rings is 2. The molecule has 2 amide bonds. The maximum absolute atomic E-state index is 12.7. The Morgan fingerprint density at radius 3 is 2.61 bits per heavy atom. The molecule has 0 aliphatic heterocycles. The average molecular weight is 395 g/mol. The summed E-state index contributed by atoms with van der Waals surface area (Å²) in [6.07, 6.45) is 1.49. The van der Waals surface area contributed by atoms with Crippen LogP contribution in [-0.2, 0) is 9.59 Å². The summed E-state index contributed by atoms with van der Waals surface area (Å²) in [5.74, 6) is -2.34. The molecule has 0 fully saturated rings. The van der Waals surface area contributed by atoms with Crippen molar-refractivity contribution in [2.45, 2.75) is 13.0 Å². The molecule has 1 unspecified atom stereocenters. The summed E-state index contributed by atoms with van der Waals surface area (Å²) < 4.78 is 0.852. The van der Waals surface area contributed by atoms with Crippen molar-refractivity contribution in [3.8, 4) is 0 Å². The number of carboxylic acid groups (broad SMARTS) is 1. The molecule has 0 saturated carbocycles. The molecule has 0 aliphatic rings. The molecule has 3 N–H and O–H groups in total. The fourth-order valence-electron chi connectivity index (χ4n) is 2.40. The van der Waals surface area contributed by atoms with E-state index < -0.39 is 23.8 Å². The van der Waals surface area contributed by atoms with Crippen molar-refractivity contribution in [3.63, 3.8) is 0 Å². The van der Waals surface area contributed by atoms with Gasteiger partial charge in [-0.3, -0.25) is 14.4 Å². The topological polar surface area (TPSA) is 108 Å². The number of nitrogens with one attached hydrogen (secondary N) is 2. The van der Waals surface area contributed by atoms with Crippen molar-refractivity contribution in [1.29, 1.82) is 0 Å². The molecule has 1 aromatic heterocycles. The lowest BCUT2D eigenvalue weighted by Gasteiger charge is -2.13. The van der Waals surface area contributed by atoms with Gasteiger partial charge < -0.3 is 15.7 Å². The Labute approximate surface area is 164 Å². The Balaban J connectivity index is 1.87. The lowest BCUT2D eigenvalue weighted by atomic mass is 10.1. The Bertz CT molecular complexity index is 1060. The number of nitrogens with zero attached hydrogens (tertiary/aromatic N) is 1. The summed E-state index contributed by atoms with van der Waals surface area (Å²) >= 11 is 1.41. The molecule has 2 aromatic carbocycles. The first-order valence-corrected chi connectivity index (χ1v) is 9.27. The van der Waals surface area contributed by atoms with Gasteiger partial charge in [-0.15, -0.1) is 11.3 Å². The van der Waals surface area contributed by atoms with Gasteiger partial charge in [0.15, 0.2) is 0 Å². The maximum atomic E-state index is 12.7. The molecule has 8 heteroatoms. The van der Waals surface area contributed by atoms with Crippen molar-refractivity contribution in [1.82, 2.24) is 15.6 Å². The lowest BCUT2D eigenvalue weighted by molar-refractivity contribution is -0.140. The monoisotopic (exact) mass is 395 g/mol. The van der Waals surface area contributed by atoms with E-state index in [1.54, 1.807) is 48.0 Å². The van der Waals surface area contributed by atoms with E-state index in [1.165, 1.54) is 24.3 Å². The van der Waals surface area contributed by atoms with Gasteiger partial charge in [0.1, 0.15) is 11.7 Å². The van der Waals surface area contributed by atoms with E-state index in [1.807, 2.05) is 6.07 Å². The third-order valence-electron chi connectivity index (χ3n) is 3.91. The molecular weight excluding hydrogens is 378 g/mol. The molecule has 1 atom stereocenters. The van der Waals surface area contributed by atoms with E-state index in [9.17, 15) is 14.4 Å². The largest absolute Gasteiger partial charge is 0.480 e. The van der Waals surface area contributed by atoms with Crippen molar-refractivity contribution in [3.05, 3.63) is 70.9 Å². The second-order valence-electron chi connectivity index (χ2n) is 5.99. The van der Waals surface area contributed by atoms with Gasteiger partial charge in [-0.25, -0.2) is 4.98 Å². The molecule has 0 aliphatic carbocycles. The van der Waals surface area contributed by atoms with Gasteiger partial charge >= 0.3 is 5.97 Å². The molecule has 0 saturated heterocycles. The number of fused-ring (bicyclic) bond motifs is 1. The molecule has 3 aromatic rings. The number of carboxylic acids is 1. The smallest absolute Gasteiger partial charge is 0.325 e. The van der Waals surface area contributed by atoms with Gasteiger partial charge in [-0.1, -0.05) is 30.3 Å². The van der Waals surface area contributed by atoms with Crippen LogP contribution in [0.4, 0.5) is 0 Å². The van der Waals surface area contributed by atoms with E-state index >= 15 is 0 Å². The lowest BCUT2D eigenvalue weighted by Crippen LogP contribution is -2.42. The zero-order valence-electron chi connectivity index (χ0n) is 14.9. The maximum Gasteiger partial charge on any atom is 0.325 e. The summed E-state index contributed by atoms with van der Waals surface area (Å²) in [6.45, 7) is 1.35. The number of hydrogen-bond acceptors (Lipinski definition) is 5. The molecule has 1 heterocycles. The van der Waals surface area contributed by atoms with Gasteiger partial charge in [0.25, 0.3) is 11.8 Å². The molecule has 0 bridgehead atoms. The van der Waals surface area contributed by atoms with Crippen molar-refractivity contribution < 1.29 is 19.5 Å². The minimum atomic E-state index is -1.17. The molecule has 28 heavy (non-hydrogen) atoms. The van der Waals surface area contributed by atoms with Crippen LogP contribution in [0.15, 0.2) is 59.7 Å². The number of carbonyl (C=O) groups excluding carboxylic acids is 2. The zero-order chi connectivity index (χ0) is 20.1. The fourth-order valence-corrected chi connectivity index (χ4v) is 3.12. The average Bonchev–Trinajstić information content (AvgIpc) is 3.15. The summed E-state index contributed by atoms with van der Waals surface area (Å²) in [5.41, 5.74) is 3.49. The number of amides is 2. The standard InChI is InChI=1S/C20H17N3O4S/c1-12(20(26)27)22-19(25)16(9-13-5-3-2-4-6-13)23-18(24)14-7-8-15-17(10-14)28-11-21-15/h2-12H,1H3,(H,22,25)(H,23,24)(H,26,27). The summed E-state index contributed by atoms with van der Waals surface area (Å²) in [5, 5.41) is 14.0. The van der Waals surface area contributed by atoms with Crippen LogP contribution in [0, 0.1) is 0 Å². The minimum absolute atomic E-state index is 0.0475. The van der Waals surface area contributed by atoms with Crippen LogP contribution in [0.1, 0.15) is 22.8 Å². The second-order valence-corrected chi connectivity index (χ2v) is 6.88. The third kappa shape index (κ3) is 4.60. The second kappa shape index (κ2) is 8.45. The normalized spacial score (nSPS) is 12.4. The highest BCUT2D eigenvalue weighted by molar-refractivity contribution is 7.16. The van der Waals surface area contributed by atoms with Crippen LogP contribution >= 0.6 is 11.3 Å². The number of thiazole rings is 1. The molecule has 0 spiro atoms. The van der Waals surface area contributed by atoms with Crippen LogP contribution in [0.25, 0.3) is 16.3 Å². The number of carbonyl (C=O) groups is 3. The molecule has 3 rings (SSSR count). The molecule has 142 valence electrons. The quantitative estimate of drug-likeness (QED) is 0.556. The Morgan fingerprint density at radius 2 is 1.89 bits per heavy atom. The van der Waals surface area contributed by atoms with E-state index in [0.717, 1.165) is 10.2 Å². The van der Waals surface area contributed by atoms with Crippen LogP contribution < -0.4 is 10.6 Å². The number of hydrogen-bond donors (Lipinski definition) is 3. The summed E-state index contributed by atoms with van der Waals surface area (Å²) in [6, 6.07) is 12.9. The number of aliphatic carboxylic acids is 1. The van der Waals surface area contributed by atoms with Crippen LogP contribution in [0.2, 0.25) is 0 Å². The number of rotatable bonds is 6. The molecule has 0 radical (unpaired) electrons. The highest BCUT2D eigenvalue weighted by Crippen LogP contribution is 2.19. The van der Waals surface area contributed by atoms with Crippen LogP contribution in [-0.4, -0.2) is 33.9 Å². The highest BCUT2D eigenvalue weighted by atomic mass is 32.1. The van der Waals surface area contributed by atoms with Gasteiger partial charge in [0.05, 0.1) is 15.7 Å². The number of aromatic nitrogens is 1. The Kier molecular flexibility index (Phi) is 5.81. The molecular formula is C20H17N3O4S. The first-order chi connectivity index (χ1) is 13.4. The first kappa shape index (κ1) is 19.2. The third-order valence-corrected chi connectivity index (χ3v) is 4.71. The van der Waals surface area contributed by atoms with Gasteiger partial charge in [0, 0.05) is 5.56 Å². The predicted octanol–water partition coefficient (Wildman–Crippen LogP) is 2.66. The van der Waals surface area contributed by atoms with Crippen molar-refractivity contribution in [2.75, 3.05) is 0 Å². The Hall–Kier alpha value is -3.52. The Morgan fingerprint density at radius 1 is 1.14 bits per heavy atom. The highest BCUT2D eigenvalue weighted by Gasteiger charge is 2.19. The first-order valence-electron chi connectivity index (χ1n) is 8.39. The summed E-state index contributed by atoms with van der Waals surface area (Å²) in [4.78, 5) is 40.4. The van der Waals surface area contributed by atoms with E-state index in [-0.39, 0.29) is 5.70 Å².